The van der Waals surface area contributed by atoms with Gasteiger partial charge in [0.1, 0.15) is 10.7 Å². The maximum atomic E-state index is 14.3. The van der Waals surface area contributed by atoms with E-state index in [1.54, 1.807) is 6.92 Å². The SMILES string of the molecule is CCOc1cc(C#N)cc(Cl)c1OC(=O)c1ccc(F)c(S(=O)(=O)N2CCCC2)c1. The van der Waals surface area contributed by atoms with E-state index in [1.807, 2.05) is 6.07 Å². The Balaban J connectivity index is 1.95. The fourth-order valence-electron chi connectivity index (χ4n) is 3.04. The van der Waals surface area contributed by atoms with Gasteiger partial charge in [0.2, 0.25) is 10.0 Å². The van der Waals surface area contributed by atoms with Gasteiger partial charge in [0.05, 0.1) is 28.8 Å². The van der Waals surface area contributed by atoms with E-state index in [1.165, 1.54) is 16.4 Å². The molecule has 0 radical (unpaired) electrons. The number of nitrogens with zero attached hydrogens (tertiary/aromatic N) is 2. The third kappa shape index (κ3) is 4.41. The number of benzene rings is 2. The van der Waals surface area contributed by atoms with Gasteiger partial charge in [-0.2, -0.15) is 9.57 Å². The average molecular weight is 453 g/mol. The number of sulfonamides is 1. The van der Waals surface area contributed by atoms with Gasteiger partial charge >= 0.3 is 5.97 Å². The van der Waals surface area contributed by atoms with Gasteiger partial charge in [-0.3, -0.25) is 0 Å². The standard InChI is InChI=1S/C20H18ClFN2O5S/c1-2-28-17-10-13(12-23)9-15(21)19(17)29-20(25)14-5-6-16(22)18(11-14)30(26,27)24-7-3-4-8-24/h5-6,9-11H,2-4,7-8H2,1H3. The smallest absolute Gasteiger partial charge is 0.343 e. The molecule has 2 aromatic rings. The van der Waals surface area contributed by atoms with Crippen molar-refractivity contribution in [1.82, 2.24) is 4.31 Å². The monoisotopic (exact) mass is 452 g/mol. The second-order valence-corrected chi connectivity index (χ2v) is 8.79. The third-order valence-corrected chi connectivity index (χ3v) is 6.68. The lowest BCUT2D eigenvalue weighted by Crippen LogP contribution is -2.29. The van der Waals surface area contributed by atoms with Crippen LogP contribution in [0.2, 0.25) is 5.02 Å². The predicted molar refractivity (Wildman–Crippen MR) is 107 cm³/mol. The number of halogens is 2. The zero-order valence-corrected chi connectivity index (χ0v) is 17.6. The molecule has 2 aromatic carbocycles. The first-order valence-electron chi connectivity index (χ1n) is 9.16. The lowest BCUT2D eigenvalue weighted by Gasteiger charge is -2.17. The van der Waals surface area contributed by atoms with Crippen molar-refractivity contribution in [2.75, 3.05) is 19.7 Å². The van der Waals surface area contributed by atoms with Crippen LogP contribution in [0, 0.1) is 17.1 Å². The van der Waals surface area contributed by atoms with E-state index < -0.39 is 26.7 Å². The molecule has 1 aliphatic heterocycles. The zero-order valence-electron chi connectivity index (χ0n) is 16.0. The second-order valence-electron chi connectivity index (χ2n) is 6.48. The molecule has 0 aromatic heterocycles. The van der Waals surface area contributed by atoms with Crippen molar-refractivity contribution in [2.24, 2.45) is 0 Å². The number of ether oxygens (including phenoxy) is 2. The van der Waals surface area contributed by atoms with Crippen LogP contribution in [-0.4, -0.2) is 38.4 Å². The number of nitriles is 1. The highest BCUT2D eigenvalue weighted by Gasteiger charge is 2.31. The van der Waals surface area contributed by atoms with Gasteiger partial charge in [0.25, 0.3) is 0 Å². The zero-order chi connectivity index (χ0) is 21.9. The van der Waals surface area contributed by atoms with Crippen molar-refractivity contribution in [3.8, 4) is 17.6 Å². The molecule has 30 heavy (non-hydrogen) atoms. The molecule has 0 aliphatic carbocycles. The number of carbonyl (C=O) groups excluding carboxylic acids is 1. The molecular weight excluding hydrogens is 435 g/mol. The van der Waals surface area contributed by atoms with Crippen LogP contribution in [-0.2, 0) is 10.0 Å². The Bertz CT molecular complexity index is 1120. The van der Waals surface area contributed by atoms with Crippen LogP contribution in [0.15, 0.2) is 35.2 Å². The number of rotatable bonds is 6. The van der Waals surface area contributed by atoms with Crippen LogP contribution >= 0.6 is 11.6 Å². The molecule has 0 bridgehead atoms. The van der Waals surface area contributed by atoms with Crippen LogP contribution in [0.1, 0.15) is 35.7 Å². The summed E-state index contributed by atoms with van der Waals surface area (Å²) in [5.74, 6) is -1.93. The second kappa shape index (κ2) is 9.00. The Labute approximate surface area is 178 Å². The molecule has 0 spiro atoms. The van der Waals surface area contributed by atoms with E-state index in [9.17, 15) is 17.6 Å². The van der Waals surface area contributed by atoms with Gasteiger partial charge in [0.15, 0.2) is 11.5 Å². The molecule has 1 saturated heterocycles. The van der Waals surface area contributed by atoms with E-state index in [0.717, 1.165) is 18.2 Å². The maximum absolute atomic E-state index is 14.3. The molecule has 10 heteroatoms. The molecule has 0 unspecified atom stereocenters. The third-order valence-electron chi connectivity index (χ3n) is 4.48. The van der Waals surface area contributed by atoms with Crippen LogP contribution < -0.4 is 9.47 Å². The summed E-state index contributed by atoms with van der Waals surface area (Å²) < 4.78 is 51.6. The number of carbonyl (C=O) groups is 1. The summed E-state index contributed by atoms with van der Waals surface area (Å²) in [5.41, 5.74) is 0.0427. The number of hydrogen-bond acceptors (Lipinski definition) is 6. The molecule has 1 fully saturated rings. The molecule has 0 N–H and O–H groups in total. The molecule has 0 saturated carbocycles. The van der Waals surface area contributed by atoms with Crippen molar-refractivity contribution in [1.29, 1.82) is 5.26 Å². The molecule has 158 valence electrons. The van der Waals surface area contributed by atoms with Crippen molar-refractivity contribution >= 4 is 27.6 Å². The van der Waals surface area contributed by atoms with E-state index in [0.29, 0.717) is 25.9 Å². The first-order chi connectivity index (χ1) is 14.3. The van der Waals surface area contributed by atoms with Crippen molar-refractivity contribution in [3.63, 3.8) is 0 Å². The highest BCUT2D eigenvalue weighted by Crippen LogP contribution is 2.37. The summed E-state index contributed by atoms with van der Waals surface area (Å²) in [6.07, 6.45) is 1.39. The highest BCUT2D eigenvalue weighted by atomic mass is 35.5. The molecule has 3 rings (SSSR count). The summed E-state index contributed by atoms with van der Waals surface area (Å²) in [7, 11) is -4.07. The van der Waals surface area contributed by atoms with Crippen molar-refractivity contribution in [2.45, 2.75) is 24.7 Å². The molecule has 1 aliphatic rings. The summed E-state index contributed by atoms with van der Waals surface area (Å²) in [5, 5.41) is 9.03. The largest absolute Gasteiger partial charge is 0.490 e. The van der Waals surface area contributed by atoms with Gasteiger partial charge in [-0.1, -0.05) is 11.6 Å². The molecule has 0 amide bonds. The molecule has 1 heterocycles. The molecule has 0 atom stereocenters. The van der Waals surface area contributed by atoms with Crippen LogP contribution in [0.25, 0.3) is 0 Å². The van der Waals surface area contributed by atoms with Gasteiger partial charge in [-0.05, 0) is 44.0 Å². The predicted octanol–water partition coefficient (Wildman–Crippen LogP) is 3.75. The van der Waals surface area contributed by atoms with Crippen LogP contribution in [0.4, 0.5) is 4.39 Å². The van der Waals surface area contributed by atoms with Crippen molar-refractivity contribution in [3.05, 3.63) is 52.3 Å². The Morgan fingerprint density at radius 1 is 1.27 bits per heavy atom. The van der Waals surface area contributed by atoms with Gasteiger partial charge in [0, 0.05) is 19.2 Å². The Morgan fingerprint density at radius 3 is 2.60 bits per heavy atom. The van der Waals surface area contributed by atoms with Crippen LogP contribution in [0.3, 0.4) is 0 Å². The summed E-state index contributed by atoms with van der Waals surface area (Å²) >= 11 is 6.12. The lowest BCUT2D eigenvalue weighted by atomic mass is 10.2. The maximum Gasteiger partial charge on any atom is 0.343 e. The van der Waals surface area contributed by atoms with E-state index in [-0.39, 0.29) is 34.3 Å². The Hall–Kier alpha value is -2.67. The average Bonchev–Trinajstić information content (AvgIpc) is 3.26. The molecule has 7 nitrogen and oxygen atoms in total. The quantitative estimate of drug-likeness (QED) is 0.489. The Kier molecular flexibility index (Phi) is 6.61. The minimum absolute atomic E-state index is 0.0297. The number of esters is 1. The minimum atomic E-state index is -4.07. The van der Waals surface area contributed by atoms with Gasteiger partial charge < -0.3 is 9.47 Å². The fraction of sp³-hybridized carbons (Fsp3) is 0.300. The van der Waals surface area contributed by atoms with E-state index in [4.69, 9.17) is 26.3 Å². The van der Waals surface area contributed by atoms with E-state index >= 15 is 0 Å². The summed E-state index contributed by atoms with van der Waals surface area (Å²) in [6, 6.07) is 7.57. The topological polar surface area (TPSA) is 96.7 Å². The first-order valence-corrected chi connectivity index (χ1v) is 11.0. The van der Waals surface area contributed by atoms with Crippen molar-refractivity contribution < 1.29 is 27.1 Å². The first kappa shape index (κ1) is 22.0. The summed E-state index contributed by atoms with van der Waals surface area (Å²) in [4.78, 5) is 12.1. The minimum Gasteiger partial charge on any atom is -0.490 e. The Morgan fingerprint density at radius 2 is 1.97 bits per heavy atom. The molecular formula is C20H18ClFN2O5S. The number of hydrogen-bond donors (Lipinski definition) is 0. The van der Waals surface area contributed by atoms with E-state index in [2.05, 4.69) is 0 Å². The highest BCUT2D eigenvalue weighted by molar-refractivity contribution is 7.89. The van der Waals surface area contributed by atoms with Gasteiger partial charge in [-0.15, -0.1) is 0 Å². The summed E-state index contributed by atoms with van der Waals surface area (Å²) in [6.45, 7) is 2.53. The normalized spacial score (nSPS) is 14.3. The fourth-order valence-corrected chi connectivity index (χ4v) is 4.90. The van der Waals surface area contributed by atoms with Gasteiger partial charge in [-0.25, -0.2) is 17.6 Å². The van der Waals surface area contributed by atoms with Crippen LogP contribution in [0.5, 0.6) is 11.5 Å². The lowest BCUT2D eigenvalue weighted by molar-refractivity contribution is 0.0728.